The minimum atomic E-state index is -4.26. The molecule has 13 nitrogen and oxygen atoms in total. The fourth-order valence-corrected chi connectivity index (χ4v) is 3.05. The van der Waals surface area contributed by atoms with Crippen LogP contribution in [0.5, 0.6) is 0 Å². The molecule has 2 aromatic rings. The topological polar surface area (TPSA) is 178 Å². The highest BCUT2D eigenvalue weighted by Gasteiger charge is 2.45. The van der Waals surface area contributed by atoms with Gasteiger partial charge in [0.25, 0.3) is 0 Å². The van der Waals surface area contributed by atoms with E-state index in [1.165, 1.54) is 24.1 Å². The largest absolute Gasteiger partial charge is 0.472 e. The third kappa shape index (κ3) is 3.99. The lowest BCUT2D eigenvalue weighted by Crippen LogP contribution is -2.33. The van der Waals surface area contributed by atoms with Crippen molar-refractivity contribution >= 4 is 30.7 Å². The highest BCUT2D eigenvalue weighted by atomic mass is 31.2. The molecule has 5 atom stereocenters. The number of hydrogen-bond donors (Lipinski definition) is 4. The molecule has 0 aromatic carbocycles. The zero-order valence-corrected chi connectivity index (χ0v) is 15.2. The summed E-state index contributed by atoms with van der Waals surface area (Å²) in [6, 6.07) is 0. The van der Waals surface area contributed by atoms with E-state index < -0.39 is 39.0 Å². The van der Waals surface area contributed by atoms with Crippen LogP contribution in [0.3, 0.4) is 0 Å². The number of fused-ring (bicyclic) bond motifs is 1. The number of ether oxygens (including phenoxy) is 1. The Kier molecular flexibility index (Phi) is 5.53. The number of nitrogens with one attached hydrogen (secondary N) is 1. The van der Waals surface area contributed by atoms with E-state index in [1.807, 2.05) is 0 Å². The first-order chi connectivity index (χ1) is 12.7. The maximum absolute atomic E-state index is 11.4. The zero-order valence-electron chi connectivity index (χ0n) is 14.3. The standard InChI is InChI=1S/C13H18N5O8P/c1-6(19)17-11-8-12(15-4-14-11)18(5-16-8)13-10(21)9(20)7(26-13)3-25-27(22,23)24-2/h4-5,7,9-10,13,20-21H,3H2,1-2H3,(H,22,23)(H,14,15,17,19)/t7-,9+,10?,13-/m1/s1. The van der Waals surface area contributed by atoms with Gasteiger partial charge in [-0.15, -0.1) is 0 Å². The highest BCUT2D eigenvalue weighted by Crippen LogP contribution is 2.43. The molecule has 0 bridgehead atoms. The molecular weight excluding hydrogens is 385 g/mol. The van der Waals surface area contributed by atoms with Crippen molar-refractivity contribution in [1.29, 1.82) is 0 Å². The number of imidazole rings is 1. The second-order valence-electron chi connectivity index (χ2n) is 5.72. The molecule has 1 aliphatic rings. The van der Waals surface area contributed by atoms with E-state index in [-0.39, 0.29) is 22.9 Å². The minimum Gasteiger partial charge on any atom is -0.387 e. The van der Waals surface area contributed by atoms with E-state index in [2.05, 4.69) is 24.8 Å². The molecule has 0 aliphatic carbocycles. The van der Waals surface area contributed by atoms with Crippen LogP contribution in [-0.4, -0.2) is 72.6 Å². The van der Waals surface area contributed by atoms with Crippen molar-refractivity contribution in [2.75, 3.05) is 19.0 Å². The van der Waals surface area contributed by atoms with Crippen molar-refractivity contribution in [3.63, 3.8) is 0 Å². The molecule has 4 N–H and O–H groups in total. The van der Waals surface area contributed by atoms with E-state index >= 15 is 0 Å². The quantitative estimate of drug-likeness (QED) is 0.442. The molecule has 3 heterocycles. The SMILES string of the molecule is COP(=O)(O)OC[C@H]1O[C@@H](n2cnc3c(NC(C)=O)ncnc32)C(O)[C@H]1O. The van der Waals surface area contributed by atoms with Gasteiger partial charge in [0.05, 0.1) is 12.9 Å². The molecule has 1 saturated heterocycles. The van der Waals surface area contributed by atoms with Crippen LogP contribution in [0.1, 0.15) is 13.2 Å². The number of phosphoric ester groups is 1. The van der Waals surface area contributed by atoms with Crippen LogP contribution in [0.25, 0.3) is 11.2 Å². The Morgan fingerprint density at radius 1 is 1.37 bits per heavy atom. The van der Waals surface area contributed by atoms with E-state index in [1.54, 1.807) is 0 Å². The lowest BCUT2D eigenvalue weighted by atomic mass is 10.1. The Hall–Kier alpha value is -1.99. The minimum absolute atomic E-state index is 0.181. The van der Waals surface area contributed by atoms with E-state index in [0.29, 0.717) is 0 Å². The number of aromatic nitrogens is 4. The summed E-state index contributed by atoms with van der Waals surface area (Å²) in [5, 5.41) is 23.0. The van der Waals surface area contributed by atoms with Crippen LogP contribution >= 0.6 is 7.82 Å². The average molecular weight is 403 g/mol. The molecule has 2 aromatic heterocycles. The number of nitrogens with zero attached hydrogens (tertiary/aromatic N) is 4. The van der Waals surface area contributed by atoms with Gasteiger partial charge in [-0.25, -0.2) is 19.5 Å². The molecule has 0 radical (unpaired) electrons. The second-order valence-corrected chi connectivity index (χ2v) is 7.28. The van der Waals surface area contributed by atoms with Crippen LogP contribution in [0, 0.1) is 0 Å². The van der Waals surface area contributed by atoms with Crippen LogP contribution < -0.4 is 5.32 Å². The smallest absolute Gasteiger partial charge is 0.387 e. The molecule has 1 amide bonds. The van der Waals surface area contributed by atoms with Crippen molar-refractivity contribution in [1.82, 2.24) is 19.5 Å². The summed E-state index contributed by atoms with van der Waals surface area (Å²) in [5.41, 5.74) is 0.508. The van der Waals surface area contributed by atoms with Crippen LogP contribution in [0.4, 0.5) is 5.82 Å². The van der Waals surface area contributed by atoms with Crippen molar-refractivity contribution in [3.8, 4) is 0 Å². The molecule has 27 heavy (non-hydrogen) atoms. The van der Waals surface area contributed by atoms with Gasteiger partial charge >= 0.3 is 7.82 Å². The summed E-state index contributed by atoms with van der Waals surface area (Å²) in [5.74, 6) is -0.165. The molecule has 2 unspecified atom stereocenters. The third-order valence-electron chi connectivity index (χ3n) is 3.90. The van der Waals surface area contributed by atoms with Gasteiger partial charge in [0.2, 0.25) is 5.91 Å². The highest BCUT2D eigenvalue weighted by molar-refractivity contribution is 7.47. The summed E-state index contributed by atoms with van der Waals surface area (Å²) in [4.78, 5) is 32.7. The first kappa shape index (κ1) is 19.8. The molecule has 14 heteroatoms. The van der Waals surface area contributed by atoms with Crippen molar-refractivity contribution in [2.45, 2.75) is 31.5 Å². The Bertz CT molecular complexity index is 891. The Labute approximate surface area is 152 Å². The number of carbonyl (C=O) groups excluding carboxylic acids is 1. The molecule has 1 aliphatic heterocycles. The van der Waals surface area contributed by atoms with Crippen LogP contribution in [0.2, 0.25) is 0 Å². The van der Waals surface area contributed by atoms with Gasteiger partial charge in [0, 0.05) is 14.0 Å². The summed E-state index contributed by atoms with van der Waals surface area (Å²) in [7, 11) is -3.27. The number of hydrogen-bond acceptors (Lipinski definition) is 10. The average Bonchev–Trinajstić information content (AvgIpc) is 3.16. The first-order valence-corrected chi connectivity index (χ1v) is 9.23. The number of carbonyl (C=O) groups is 1. The Morgan fingerprint density at radius 3 is 2.78 bits per heavy atom. The Balaban J connectivity index is 1.84. The van der Waals surface area contributed by atoms with E-state index in [4.69, 9.17) is 9.26 Å². The fourth-order valence-electron chi connectivity index (χ4n) is 2.61. The summed E-state index contributed by atoms with van der Waals surface area (Å²) >= 11 is 0. The zero-order chi connectivity index (χ0) is 19.8. The van der Waals surface area contributed by atoms with Crippen molar-refractivity contribution in [3.05, 3.63) is 12.7 Å². The van der Waals surface area contributed by atoms with E-state index in [0.717, 1.165) is 7.11 Å². The van der Waals surface area contributed by atoms with Crippen LogP contribution in [-0.2, 0) is 23.1 Å². The van der Waals surface area contributed by atoms with E-state index in [9.17, 15) is 24.5 Å². The van der Waals surface area contributed by atoms with Crippen molar-refractivity contribution in [2.24, 2.45) is 0 Å². The van der Waals surface area contributed by atoms with Gasteiger partial charge in [-0.2, -0.15) is 0 Å². The molecule has 148 valence electrons. The monoisotopic (exact) mass is 403 g/mol. The number of aliphatic hydroxyl groups is 2. The number of phosphoric acid groups is 1. The third-order valence-corrected chi connectivity index (χ3v) is 4.83. The number of aliphatic hydroxyl groups excluding tert-OH is 2. The molecular formula is C13H18N5O8P. The van der Waals surface area contributed by atoms with Gasteiger partial charge in [0.1, 0.15) is 24.6 Å². The van der Waals surface area contributed by atoms with Crippen molar-refractivity contribution < 1.29 is 38.3 Å². The van der Waals surface area contributed by atoms with Crippen LogP contribution in [0.15, 0.2) is 12.7 Å². The van der Waals surface area contributed by atoms with Gasteiger partial charge in [0.15, 0.2) is 23.2 Å². The Morgan fingerprint density at radius 2 is 2.11 bits per heavy atom. The predicted molar refractivity (Wildman–Crippen MR) is 88.3 cm³/mol. The summed E-state index contributed by atoms with van der Waals surface area (Å²) in [6.45, 7) is 0.824. The molecule has 1 fully saturated rings. The normalized spacial score (nSPS) is 27.6. The number of anilines is 1. The molecule has 0 spiro atoms. The lowest BCUT2D eigenvalue weighted by molar-refractivity contribution is -0.114. The predicted octanol–water partition coefficient (Wildman–Crippen LogP) is -0.833. The van der Waals surface area contributed by atoms with Gasteiger partial charge in [-0.1, -0.05) is 0 Å². The maximum Gasteiger partial charge on any atom is 0.472 e. The summed E-state index contributed by atoms with van der Waals surface area (Å²) < 4.78 is 27.3. The number of rotatable bonds is 6. The number of amides is 1. The first-order valence-electron chi connectivity index (χ1n) is 7.73. The summed E-state index contributed by atoms with van der Waals surface area (Å²) in [6.07, 6.45) is -2.49. The molecule has 3 rings (SSSR count). The molecule has 0 saturated carbocycles. The van der Waals surface area contributed by atoms with Gasteiger partial charge in [-0.05, 0) is 0 Å². The maximum atomic E-state index is 11.4. The van der Waals surface area contributed by atoms with Gasteiger partial charge < -0.3 is 25.2 Å². The fraction of sp³-hybridized carbons (Fsp3) is 0.538. The second kappa shape index (κ2) is 7.56. The van der Waals surface area contributed by atoms with Gasteiger partial charge in [-0.3, -0.25) is 18.4 Å². The lowest BCUT2D eigenvalue weighted by Gasteiger charge is -2.17.